The van der Waals surface area contributed by atoms with Gasteiger partial charge in [-0.3, -0.25) is 4.79 Å². The zero-order valence-electron chi connectivity index (χ0n) is 12.3. The molecule has 0 unspecified atom stereocenters. The Hall–Kier alpha value is -1.56. The van der Waals surface area contributed by atoms with Gasteiger partial charge in [-0.2, -0.15) is 0 Å². The number of benzene rings is 1. The highest BCUT2D eigenvalue weighted by Crippen LogP contribution is 2.24. The number of rotatable bonds is 4. The minimum absolute atomic E-state index is 0.357. The van der Waals surface area contributed by atoms with E-state index in [4.69, 9.17) is 5.73 Å². The van der Waals surface area contributed by atoms with E-state index in [-0.39, 0.29) is 5.25 Å². The van der Waals surface area contributed by atoms with Crippen LogP contribution in [0.5, 0.6) is 0 Å². The fraction of sp³-hybridized carbons (Fsp3) is 0.533. The minimum atomic E-state index is -3.36. The summed E-state index contributed by atoms with van der Waals surface area (Å²) in [5, 5.41) is 2.30. The van der Waals surface area contributed by atoms with Crippen molar-refractivity contribution in [1.82, 2.24) is 0 Å². The number of amides is 1. The molecule has 0 aromatic heterocycles. The second-order valence-corrected chi connectivity index (χ2v) is 7.97. The molecule has 3 N–H and O–H groups in total. The lowest BCUT2D eigenvalue weighted by atomic mass is 10.0. The highest BCUT2D eigenvalue weighted by atomic mass is 32.2. The van der Waals surface area contributed by atoms with Crippen molar-refractivity contribution < 1.29 is 13.2 Å². The smallest absolute Gasteiger partial charge is 0.239 e. The van der Waals surface area contributed by atoms with Gasteiger partial charge in [-0.1, -0.05) is 19.3 Å². The summed E-state index contributed by atoms with van der Waals surface area (Å²) in [5.74, 6) is -0.921. The summed E-state index contributed by atoms with van der Waals surface area (Å²) in [7, 11) is -3.36. The van der Waals surface area contributed by atoms with Gasteiger partial charge in [0.05, 0.1) is 5.25 Å². The van der Waals surface area contributed by atoms with E-state index in [2.05, 4.69) is 5.32 Å². The van der Waals surface area contributed by atoms with E-state index >= 15 is 0 Å². The van der Waals surface area contributed by atoms with E-state index in [1.165, 1.54) is 0 Å². The maximum atomic E-state index is 12.2. The molecular weight excluding hydrogens is 288 g/mol. The van der Waals surface area contributed by atoms with Crippen molar-refractivity contribution >= 4 is 27.1 Å². The van der Waals surface area contributed by atoms with Crippen LogP contribution in [-0.4, -0.2) is 25.3 Å². The summed E-state index contributed by atoms with van der Waals surface area (Å²) in [5.41, 5.74) is 7.68. The first-order chi connectivity index (χ1) is 9.88. The Labute approximate surface area is 125 Å². The summed E-state index contributed by atoms with van der Waals surface area (Å²) in [6.07, 6.45) is 4.31. The third-order valence-corrected chi connectivity index (χ3v) is 6.07. The first kappa shape index (κ1) is 15.8. The van der Waals surface area contributed by atoms with Crippen LogP contribution < -0.4 is 11.1 Å². The van der Waals surface area contributed by atoms with Crippen molar-refractivity contribution in [2.24, 2.45) is 0 Å². The number of nitrogens with two attached hydrogens (primary N) is 1. The molecule has 0 heterocycles. The maximum absolute atomic E-state index is 12.2. The van der Waals surface area contributed by atoms with Crippen LogP contribution in [0.2, 0.25) is 0 Å². The molecule has 0 bridgehead atoms. The molecular formula is C15H22N2O3S. The normalized spacial score (nSPS) is 16.6. The first-order valence-corrected chi connectivity index (χ1v) is 8.97. The SMILES string of the molecule is Cc1cc(N)ccc1NC(=O)CS(=O)(=O)C1CCCCC1. The largest absolute Gasteiger partial charge is 0.399 e. The number of nitrogens with one attached hydrogen (secondary N) is 1. The van der Waals surface area contributed by atoms with Crippen LogP contribution in [-0.2, 0) is 14.6 Å². The van der Waals surface area contributed by atoms with Crippen LogP contribution in [0.4, 0.5) is 11.4 Å². The zero-order valence-corrected chi connectivity index (χ0v) is 13.1. The molecule has 0 spiro atoms. The van der Waals surface area contributed by atoms with Gasteiger partial charge in [0.25, 0.3) is 0 Å². The van der Waals surface area contributed by atoms with E-state index in [0.29, 0.717) is 24.2 Å². The van der Waals surface area contributed by atoms with Crippen molar-refractivity contribution in [2.75, 3.05) is 16.8 Å². The van der Waals surface area contributed by atoms with Crippen LogP contribution in [0.1, 0.15) is 37.7 Å². The summed E-state index contributed by atoms with van der Waals surface area (Å²) < 4.78 is 24.5. The monoisotopic (exact) mass is 310 g/mol. The molecule has 5 nitrogen and oxygen atoms in total. The number of carbonyl (C=O) groups is 1. The standard InChI is InChI=1S/C15H22N2O3S/c1-11-9-12(16)7-8-14(11)17-15(18)10-21(19,20)13-5-3-2-4-6-13/h7-9,13H,2-6,10,16H2,1H3,(H,17,18). The van der Waals surface area contributed by atoms with Crippen LogP contribution in [0, 0.1) is 6.92 Å². The van der Waals surface area contributed by atoms with Gasteiger partial charge in [0.1, 0.15) is 5.75 Å². The number of carbonyl (C=O) groups excluding carboxylic acids is 1. The van der Waals surface area contributed by atoms with Crippen LogP contribution in [0.3, 0.4) is 0 Å². The molecule has 1 aliphatic rings. The summed E-state index contributed by atoms with van der Waals surface area (Å²) >= 11 is 0. The van der Waals surface area contributed by atoms with Gasteiger partial charge in [-0.25, -0.2) is 8.42 Å². The lowest BCUT2D eigenvalue weighted by Crippen LogP contribution is -2.32. The van der Waals surface area contributed by atoms with Gasteiger partial charge in [-0.05, 0) is 43.5 Å². The molecule has 1 aromatic carbocycles. The molecule has 6 heteroatoms. The van der Waals surface area contributed by atoms with E-state index in [0.717, 1.165) is 24.8 Å². The van der Waals surface area contributed by atoms with Gasteiger partial charge in [0, 0.05) is 11.4 Å². The van der Waals surface area contributed by atoms with E-state index in [1.54, 1.807) is 18.2 Å². The van der Waals surface area contributed by atoms with Crippen LogP contribution in [0.15, 0.2) is 18.2 Å². The van der Waals surface area contributed by atoms with Crippen molar-refractivity contribution in [3.63, 3.8) is 0 Å². The number of nitrogen functional groups attached to an aromatic ring is 1. The Morgan fingerprint density at radius 1 is 1.29 bits per heavy atom. The number of aryl methyl sites for hydroxylation is 1. The second kappa shape index (κ2) is 6.47. The lowest BCUT2D eigenvalue weighted by molar-refractivity contribution is -0.113. The molecule has 116 valence electrons. The van der Waals surface area contributed by atoms with Gasteiger partial charge in [-0.15, -0.1) is 0 Å². The zero-order chi connectivity index (χ0) is 15.5. The highest BCUT2D eigenvalue weighted by Gasteiger charge is 2.29. The minimum Gasteiger partial charge on any atom is -0.399 e. The Morgan fingerprint density at radius 2 is 1.95 bits per heavy atom. The molecule has 0 saturated heterocycles. The molecule has 0 aliphatic heterocycles. The predicted octanol–water partition coefficient (Wildman–Crippen LogP) is 2.26. The van der Waals surface area contributed by atoms with Crippen molar-refractivity contribution in [1.29, 1.82) is 0 Å². The molecule has 1 aliphatic carbocycles. The fourth-order valence-electron chi connectivity index (χ4n) is 2.74. The summed E-state index contributed by atoms with van der Waals surface area (Å²) in [4.78, 5) is 12.0. The quantitative estimate of drug-likeness (QED) is 0.835. The van der Waals surface area contributed by atoms with Gasteiger partial charge >= 0.3 is 0 Å². The van der Waals surface area contributed by atoms with Crippen LogP contribution in [0.25, 0.3) is 0 Å². The van der Waals surface area contributed by atoms with Crippen molar-refractivity contribution in [2.45, 2.75) is 44.3 Å². The van der Waals surface area contributed by atoms with Gasteiger partial charge in [0.15, 0.2) is 9.84 Å². The van der Waals surface area contributed by atoms with Crippen molar-refractivity contribution in [3.05, 3.63) is 23.8 Å². The van der Waals surface area contributed by atoms with Crippen molar-refractivity contribution in [3.8, 4) is 0 Å². The first-order valence-electron chi connectivity index (χ1n) is 7.26. The Balaban J connectivity index is 2.00. The van der Waals surface area contributed by atoms with E-state index < -0.39 is 21.5 Å². The van der Waals surface area contributed by atoms with Gasteiger partial charge < -0.3 is 11.1 Å². The Morgan fingerprint density at radius 3 is 2.57 bits per heavy atom. The third-order valence-electron chi connectivity index (χ3n) is 3.92. The predicted molar refractivity (Wildman–Crippen MR) is 84.9 cm³/mol. The Kier molecular flexibility index (Phi) is 4.88. The number of sulfone groups is 1. The number of hydrogen-bond acceptors (Lipinski definition) is 4. The Bertz CT molecular complexity index is 620. The summed E-state index contributed by atoms with van der Waals surface area (Å²) in [6.45, 7) is 1.82. The highest BCUT2D eigenvalue weighted by molar-refractivity contribution is 7.92. The van der Waals surface area contributed by atoms with E-state index in [9.17, 15) is 13.2 Å². The number of hydrogen-bond donors (Lipinski definition) is 2. The lowest BCUT2D eigenvalue weighted by Gasteiger charge is -2.21. The molecule has 21 heavy (non-hydrogen) atoms. The molecule has 2 rings (SSSR count). The number of anilines is 2. The molecule has 1 saturated carbocycles. The molecule has 1 fully saturated rings. The fourth-order valence-corrected chi connectivity index (χ4v) is 4.46. The second-order valence-electron chi connectivity index (χ2n) is 5.69. The van der Waals surface area contributed by atoms with Gasteiger partial charge in [0.2, 0.25) is 5.91 Å². The molecule has 1 amide bonds. The topological polar surface area (TPSA) is 89.3 Å². The molecule has 0 atom stereocenters. The average Bonchev–Trinajstić information content (AvgIpc) is 2.42. The van der Waals surface area contributed by atoms with E-state index in [1.807, 2.05) is 6.92 Å². The maximum Gasteiger partial charge on any atom is 0.239 e. The molecule has 1 aromatic rings. The summed E-state index contributed by atoms with van der Waals surface area (Å²) in [6, 6.07) is 5.11. The van der Waals surface area contributed by atoms with Crippen LogP contribution >= 0.6 is 0 Å². The average molecular weight is 310 g/mol. The molecule has 0 radical (unpaired) electrons. The third kappa shape index (κ3) is 4.20.